The molecule has 0 aliphatic heterocycles. The van der Waals surface area contributed by atoms with Crippen LogP contribution in [0.4, 0.5) is 0 Å². The summed E-state index contributed by atoms with van der Waals surface area (Å²) in [7, 11) is 1.58. The first-order chi connectivity index (χ1) is 4.18. The van der Waals surface area contributed by atoms with Crippen molar-refractivity contribution in [3.05, 3.63) is 0 Å². The summed E-state index contributed by atoms with van der Waals surface area (Å²) in [6.45, 7) is 0.550. The van der Waals surface area contributed by atoms with Gasteiger partial charge in [0.1, 0.15) is 0 Å². The maximum Gasteiger partial charge on any atom is 0.235 e. The van der Waals surface area contributed by atoms with Crippen molar-refractivity contribution in [1.82, 2.24) is 0 Å². The average Bonchev–Trinajstić information content (AvgIpc) is 1.82. The van der Waals surface area contributed by atoms with Crippen LogP contribution in [0.15, 0.2) is 0 Å². The molecule has 0 heterocycles. The predicted octanol–water partition coefficient (Wildman–Crippen LogP) is 1.55. The van der Waals surface area contributed by atoms with E-state index in [1.165, 1.54) is 0 Å². The van der Waals surface area contributed by atoms with Crippen LogP contribution in [0.5, 0.6) is 0 Å². The first-order valence-electron chi connectivity index (χ1n) is 2.51. The molecule has 0 spiro atoms. The first kappa shape index (κ1) is 9.40. The third kappa shape index (κ3) is 4.88. The highest BCUT2D eigenvalue weighted by atomic mass is 79.9. The zero-order valence-corrected chi connectivity index (χ0v) is 7.41. The highest BCUT2D eigenvalue weighted by Crippen LogP contribution is 2.08. The molecule has 0 aliphatic carbocycles. The Labute approximate surface area is 67.6 Å². The van der Waals surface area contributed by atoms with Gasteiger partial charge in [-0.3, -0.25) is 4.79 Å². The fourth-order valence-electron chi connectivity index (χ4n) is 0.335. The molecule has 0 radical (unpaired) electrons. The van der Waals surface area contributed by atoms with Gasteiger partial charge < -0.3 is 4.74 Å². The zero-order chi connectivity index (χ0) is 7.28. The van der Waals surface area contributed by atoms with E-state index in [4.69, 9.17) is 16.3 Å². The van der Waals surface area contributed by atoms with Crippen LogP contribution < -0.4 is 0 Å². The predicted molar refractivity (Wildman–Crippen MR) is 40.1 cm³/mol. The number of hydrogen-bond donors (Lipinski definition) is 0. The van der Waals surface area contributed by atoms with Crippen molar-refractivity contribution in [3.8, 4) is 0 Å². The molecule has 0 aromatic heterocycles. The highest BCUT2D eigenvalue weighted by Gasteiger charge is 2.09. The zero-order valence-electron chi connectivity index (χ0n) is 5.06. The van der Waals surface area contributed by atoms with Crippen molar-refractivity contribution >= 4 is 32.8 Å². The summed E-state index contributed by atoms with van der Waals surface area (Å²) in [5.74, 6) is 0. The van der Waals surface area contributed by atoms with Gasteiger partial charge in [0.2, 0.25) is 5.24 Å². The van der Waals surface area contributed by atoms with E-state index in [-0.39, 0.29) is 10.1 Å². The van der Waals surface area contributed by atoms with Gasteiger partial charge in [0.15, 0.2) is 0 Å². The van der Waals surface area contributed by atoms with Gasteiger partial charge in [-0.1, -0.05) is 15.9 Å². The molecule has 2 nitrogen and oxygen atoms in total. The highest BCUT2D eigenvalue weighted by molar-refractivity contribution is 9.10. The molecule has 0 rings (SSSR count). The van der Waals surface area contributed by atoms with E-state index in [0.29, 0.717) is 13.0 Å². The molecule has 1 atom stereocenters. The lowest BCUT2D eigenvalue weighted by molar-refractivity contribution is -0.111. The minimum absolute atomic E-state index is 0.265. The lowest BCUT2D eigenvalue weighted by Crippen LogP contribution is -2.09. The molecule has 4 heteroatoms. The minimum Gasteiger partial charge on any atom is -0.385 e. The molecule has 9 heavy (non-hydrogen) atoms. The molecule has 0 amide bonds. The van der Waals surface area contributed by atoms with Crippen molar-refractivity contribution in [2.45, 2.75) is 11.2 Å². The topological polar surface area (TPSA) is 26.3 Å². The van der Waals surface area contributed by atoms with Crippen LogP contribution in [0, 0.1) is 0 Å². The Morgan fingerprint density at radius 3 is 2.78 bits per heavy atom. The van der Waals surface area contributed by atoms with Gasteiger partial charge >= 0.3 is 0 Å². The molecule has 0 N–H and O–H groups in total. The van der Waals surface area contributed by atoms with E-state index in [1.807, 2.05) is 0 Å². The Kier molecular flexibility index (Phi) is 5.44. The average molecular weight is 215 g/mol. The molecule has 54 valence electrons. The summed E-state index contributed by atoms with van der Waals surface area (Å²) in [6.07, 6.45) is 0.624. The molecule has 0 aromatic rings. The Balaban J connectivity index is 3.27. The summed E-state index contributed by atoms with van der Waals surface area (Å²) in [5.41, 5.74) is 0. The standard InChI is InChI=1S/C5H8BrClO2/c1-9-3-2-4(6)5(7)8/h4H,2-3H2,1H3. The summed E-state index contributed by atoms with van der Waals surface area (Å²) in [4.78, 5) is 10.0. The van der Waals surface area contributed by atoms with E-state index < -0.39 is 0 Å². The van der Waals surface area contributed by atoms with Crippen molar-refractivity contribution in [1.29, 1.82) is 0 Å². The summed E-state index contributed by atoms with van der Waals surface area (Å²) >= 11 is 8.20. The van der Waals surface area contributed by atoms with E-state index in [9.17, 15) is 4.79 Å². The lowest BCUT2D eigenvalue weighted by atomic mass is 10.3. The van der Waals surface area contributed by atoms with Gasteiger partial charge in [0, 0.05) is 13.7 Å². The fraction of sp³-hybridized carbons (Fsp3) is 0.800. The second-order valence-corrected chi connectivity index (χ2v) is 3.03. The molecule has 0 aromatic carbocycles. The van der Waals surface area contributed by atoms with E-state index in [0.717, 1.165) is 0 Å². The van der Waals surface area contributed by atoms with Crippen LogP contribution in [0.2, 0.25) is 0 Å². The fourth-order valence-corrected chi connectivity index (χ4v) is 0.631. The van der Waals surface area contributed by atoms with Crippen LogP contribution >= 0.6 is 27.5 Å². The van der Waals surface area contributed by atoms with E-state index in [2.05, 4.69) is 15.9 Å². The van der Waals surface area contributed by atoms with Crippen LogP contribution in [0.3, 0.4) is 0 Å². The number of carbonyl (C=O) groups is 1. The number of alkyl halides is 1. The van der Waals surface area contributed by atoms with Crippen molar-refractivity contribution in [2.24, 2.45) is 0 Å². The van der Waals surface area contributed by atoms with Gasteiger partial charge in [0.05, 0.1) is 4.83 Å². The lowest BCUT2D eigenvalue weighted by Gasteiger charge is -2.00. The first-order valence-corrected chi connectivity index (χ1v) is 3.80. The Morgan fingerprint density at radius 2 is 2.44 bits per heavy atom. The third-order valence-corrected chi connectivity index (χ3v) is 2.22. The third-order valence-electron chi connectivity index (χ3n) is 0.822. The SMILES string of the molecule is COCCC(Br)C(=O)Cl. The Morgan fingerprint density at radius 1 is 1.89 bits per heavy atom. The maximum atomic E-state index is 10.3. The number of carbonyl (C=O) groups excluding carboxylic acids is 1. The quantitative estimate of drug-likeness (QED) is 0.525. The van der Waals surface area contributed by atoms with Gasteiger partial charge in [-0.25, -0.2) is 0 Å². The molecule has 0 aliphatic rings. The smallest absolute Gasteiger partial charge is 0.235 e. The van der Waals surface area contributed by atoms with Gasteiger partial charge in [0.25, 0.3) is 0 Å². The molecule has 0 fully saturated rings. The van der Waals surface area contributed by atoms with E-state index in [1.54, 1.807) is 7.11 Å². The number of rotatable bonds is 4. The molecule has 0 bridgehead atoms. The molecule has 1 unspecified atom stereocenters. The monoisotopic (exact) mass is 214 g/mol. The summed E-state index contributed by atoms with van der Waals surface area (Å²) in [6, 6.07) is 0. The second kappa shape index (κ2) is 5.21. The van der Waals surface area contributed by atoms with Gasteiger partial charge in [-0.2, -0.15) is 0 Å². The number of hydrogen-bond acceptors (Lipinski definition) is 2. The Bertz CT molecular complexity index is 97.0. The molecule has 0 saturated carbocycles. The molecular weight excluding hydrogens is 207 g/mol. The van der Waals surface area contributed by atoms with E-state index >= 15 is 0 Å². The van der Waals surface area contributed by atoms with Crippen LogP contribution in [-0.2, 0) is 9.53 Å². The number of methoxy groups -OCH3 is 1. The van der Waals surface area contributed by atoms with Gasteiger partial charge in [-0.15, -0.1) is 0 Å². The van der Waals surface area contributed by atoms with Crippen LogP contribution in [0.1, 0.15) is 6.42 Å². The van der Waals surface area contributed by atoms with Crippen LogP contribution in [0.25, 0.3) is 0 Å². The Hall–Kier alpha value is 0.400. The summed E-state index contributed by atoms with van der Waals surface area (Å²) in [5, 5.41) is -0.368. The van der Waals surface area contributed by atoms with Crippen molar-refractivity contribution in [3.63, 3.8) is 0 Å². The number of ether oxygens (including phenoxy) is 1. The van der Waals surface area contributed by atoms with Crippen LogP contribution in [-0.4, -0.2) is 23.8 Å². The number of halogens is 2. The molecule has 0 saturated heterocycles. The van der Waals surface area contributed by atoms with Gasteiger partial charge in [-0.05, 0) is 18.0 Å². The minimum atomic E-state index is -0.368. The normalized spacial score (nSPS) is 13.2. The largest absolute Gasteiger partial charge is 0.385 e. The second-order valence-electron chi connectivity index (χ2n) is 1.55. The van der Waals surface area contributed by atoms with Crippen molar-refractivity contribution < 1.29 is 9.53 Å². The van der Waals surface area contributed by atoms with Crippen molar-refractivity contribution in [2.75, 3.05) is 13.7 Å². The molecular formula is C5H8BrClO2. The summed E-state index contributed by atoms with van der Waals surface area (Å²) < 4.78 is 4.72. The maximum absolute atomic E-state index is 10.3.